The molecule has 24 heavy (non-hydrogen) atoms. The van der Waals surface area contributed by atoms with Gasteiger partial charge in [0.1, 0.15) is 5.56 Å². The third-order valence-corrected chi connectivity index (χ3v) is 5.04. The molecule has 0 bridgehead atoms. The molecular weight excluding hydrogens is 344 g/mol. The van der Waals surface area contributed by atoms with Gasteiger partial charge in [-0.15, -0.1) is 11.3 Å². The molecule has 0 atom stereocenters. The number of nitrogens with zero attached hydrogens (tertiary/aromatic N) is 1. The molecule has 0 spiro atoms. The van der Waals surface area contributed by atoms with E-state index in [0.717, 1.165) is 11.9 Å². The van der Waals surface area contributed by atoms with Crippen molar-refractivity contribution in [1.29, 1.82) is 0 Å². The minimum absolute atomic E-state index is 0.151. The normalized spacial score (nSPS) is 10.9. The molecule has 1 aromatic carbocycles. The quantitative estimate of drug-likeness (QED) is 0.754. The number of thiophene rings is 1. The molecule has 0 unspecified atom stereocenters. The van der Waals surface area contributed by atoms with Crippen LogP contribution in [-0.4, -0.2) is 17.0 Å². The molecule has 0 fully saturated rings. The van der Waals surface area contributed by atoms with E-state index in [1.165, 1.54) is 4.88 Å². The molecule has 6 heteroatoms. The average molecular weight is 361 g/mol. The molecule has 0 aliphatic heterocycles. The maximum atomic E-state index is 12.7. The van der Waals surface area contributed by atoms with E-state index >= 15 is 0 Å². The van der Waals surface area contributed by atoms with Crippen molar-refractivity contribution in [2.45, 2.75) is 19.9 Å². The van der Waals surface area contributed by atoms with Crippen LogP contribution in [-0.2, 0) is 13.0 Å². The summed E-state index contributed by atoms with van der Waals surface area (Å²) in [7, 11) is 0. The summed E-state index contributed by atoms with van der Waals surface area (Å²) < 4.78 is 1.89. The zero-order valence-electron chi connectivity index (χ0n) is 13.2. The van der Waals surface area contributed by atoms with E-state index in [1.54, 1.807) is 35.7 Å². The number of nitrogens with one attached hydrogen (secondary N) is 1. The minimum atomic E-state index is -0.347. The van der Waals surface area contributed by atoms with Gasteiger partial charge < -0.3 is 9.88 Å². The second-order valence-corrected chi connectivity index (χ2v) is 6.87. The number of hydrogen-bond acceptors (Lipinski definition) is 3. The van der Waals surface area contributed by atoms with Crippen LogP contribution in [0.1, 0.15) is 22.2 Å². The monoisotopic (exact) mass is 360 g/mol. The van der Waals surface area contributed by atoms with Gasteiger partial charge in [0.2, 0.25) is 5.43 Å². The van der Waals surface area contributed by atoms with Crippen LogP contribution in [0.3, 0.4) is 0 Å². The number of rotatable bonds is 5. The van der Waals surface area contributed by atoms with Gasteiger partial charge in [-0.25, -0.2) is 0 Å². The number of pyridine rings is 1. The van der Waals surface area contributed by atoms with E-state index in [-0.39, 0.29) is 16.9 Å². The molecule has 0 saturated heterocycles. The number of carbonyl (C=O) groups is 1. The second-order valence-electron chi connectivity index (χ2n) is 5.40. The number of fused-ring (bicyclic) bond motifs is 1. The van der Waals surface area contributed by atoms with Crippen LogP contribution in [0.4, 0.5) is 0 Å². The Kier molecular flexibility index (Phi) is 5.02. The van der Waals surface area contributed by atoms with Crippen molar-refractivity contribution in [3.05, 3.63) is 67.6 Å². The summed E-state index contributed by atoms with van der Waals surface area (Å²) in [4.78, 5) is 26.3. The number of carbonyl (C=O) groups excluding carboxylic acids is 1. The Hall–Kier alpha value is -2.11. The smallest absolute Gasteiger partial charge is 0.256 e. The van der Waals surface area contributed by atoms with E-state index in [0.29, 0.717) is 23.5 Å². The van der Waals surface area contributed by atoms with Crippen LogP contribution in [0.25, 0.3) is 10.9 Å². The SMILES string of the molecule is CCn1cc(C(=O)NCCc2cccs2)c(=O)c2cc(Cl)ccc21. The Morgan fingerprint density at radius 2 is 2.17 bits per heavy atom. The van der Waals surface area contributed by atoms with Crippen LogP contribution in [0.15, 0.2) is 46.7 Å². The van der Waals surface area contributed by atoms with Gasteiger partial charge in [0.15, 0.2) is 0 Å². The lowest BCUT2D eigenvalue weighted by Crippen LogP contribution is -2.31. The predicted octanol–water partition coefficient (Wildman–Crippen LogP) is 3.71. The zero-order valence-corrected chi connectivity index (χ0v) is 14.8. The highest BCUT2D eigenvalue weighted by Crippen LogP contribution is 2.17. The van der Waals surface area contributed by atoms with Crippen LogP contribution < -0.4 is 10.7 Å². The first-order valence-electron chi connectivity index (χ1n) is 7.73. The van der Waals surface area contributed by atoms with Crippen LogP contribution >= 0.6 is 22.9 Å². The van der Waals surface area contributed by atoms with Crippen LogP contribution in [0, 0.1) is 0 Å². The first-order valence-corrected chi connectivity index (χ1v) is 8.99. The third-order valence-electron chi connectivity index (χ3n) is 3.86. The first kappa shape index (κ1) is 16.7. The molecule has 4 nitrogen and oxygen atoms in total. The van der Waals surface area contributed by atoms with Gasteiger partial charge in [-0.05, 0) is 43.0 Å². The molecule has 1 amide bonds. The van der Waals surface area contributed by atoms with Gasteiger partial charge in [0.25, 0.3) is 5.91 Å². The Balaban J connectivity index is 1.89. The fourth-order valence-electron chi connectivity index (χ4n) is 2.64. The van der Waals surface area contributed by atoms with E-state index in [1.807, 2.05) is 29.0 Å². The Morgan fingerprint density at radius 3 is 2.88 bits per heavy atom. The molecule has 2 heterocycles. The van der Waals surface area contributed by atoms with Gasteiger partial charge in [-0.3, -0.25) is 9.59 Å². The number of aromatic nitrogens is 1. The summed E-state index contributed by atoms with van der Waals surface area (Å²) in [6, 6.07) is 9.18. The molecule has 0 aliphatic carbocycles. The summed E-state index contributed by atoms with van der Waals surface area (Å²) in [5.74, 6) is -0.347. The zero-order chi connectivity index (χ0) is 17.1. The Morgan fingerprint density at radius 1 is 1.33 bits per heavy atom. The summed E-state index contributed by atoms with van der Waals surface area (Å²) in [6.45, 7) is 3.13. The van der Waals surface area contributed by atoms with Gasteiger partial charge in [-0.1, -0.05) is 17.7 Å². The van der Waals surface area contributed by atoms with Gasteiger partial charge in [0.05, 0.1) is 5.52 Å². The number of halogens is 1. The number of hydrogen-bond donors (Lipinski definition) is 1. The largest absolute Gasteiger partial charge is 0.352 e. The molecule has 0 saturated carbocycles. The highest BCUT2D eigenvalue weighted by atomic mass is 35.5. The topological polar surface area (TPSA) is 51.1 Å². The highest BCUT2D eigenvalue weighted by molar-refractivity contribution is 7.09. The molecule has 2 aromatic heterocycles. The van der Waals surface area contributed by atoms with Gasteiger partial charge in [0, 0.05) is 34.6 Å². The molecule has 0 aliphatic rings. The summed E-state index contributed by atoms with van der Waals surface area (Å²) in [5.41, 5.74) is 0.644. The molecule has 0 radical (unpaired) electrons. The number of amides is 1. The first-order chi connectivity index (χ1) is 11.6. The van der Waals surface area contributed by atoms with Crippen molar-refractivity contribution < 1.29 is 4.79 Å². The van der Waals surface area contributed by atoms with Crippen molar-refractivity contribution >= 4 is 39.7 Å². The molecular formula is C18H17ClN2O2S. The molecule has 124 valence electrons. The fraction of sp³-hybridized carbons (Fsp3) is 0.222. The van der Waals surface area contributed by atoms with E-state index in [9.17, 15) is 9.59 Å². The maximum Gasteiger partial charge on any atom is 0.256 e. The number of aryl methyl sites for hydroxylation is 1. The lowest BCUT2D eigenvalue weighted by Gasteiger charge is -2.12. The van der Waals surface area contributed by atoms with Crippen LogP contribution in [0.2, 0.25) is 5.02 Å². The Labute approximate surface area is 148 Å². The Bertz CT molecular complexity index is 932. The van der Waals surface area contributed by atoms with Gasteiger partial charge >= 0.3 is 0 Å². The van der Waals surface area contributed by atoms with Crippen molar-refractivity contribution in [3.63, 3.8) is 0 Å². The molecule has 1 N–H and O–H groups in total. The van der Waals surface area contributed by atoms with Crippen molar-refractivity contribution in [1.82, 2.24) is 9.88 Å². The second kappa shape index (κ2) is 7.20. The van der Waals surface area contributed by atoms with E-state index in [2.05, 4.69) is 5.32 Å². The highest BCUT2D eigenvalue weighted by Gasteiger charge is 2.15. The van der Waals surface area contributed by atoms with Gasteiger partial charge in [-0.2, -0.15) is 0 Å². The van der Waals surface area contributed by atoms with E-state index in [4.69, 9.17) is 11.6 Å². The fourth-order valence-corrected chi connectivity index (χ4v) is 3.52. The average Bonchev–Trinajstić information content (AvgIpc) is 3.09. The molecule has 3 aromatic rings. The van der Waals surface area contributed by atoms with Crippen molar-refractivity contribution in [2.75, 3.05) is 6.54 Å². The summed E-state index contributed by atoms with van der Waals surface area (Å²) in [5, 5.41) is 5.79. The van der Waals surface area contributed by atoms with Crippen molar-refractivity contribution in [2.24, 2.45) is 0 Å². The third kappa shape index (κ3) is 3.37. The van der Waals surface area contributed by atoms with E-state index < -0.39 is 0 Å². The van der Waals surface area contributed by atoms with Crippen LogP contribution in [0.5, 0.6) is 0 Å². The maximum absolute atomic E-state index is 12.7. The summed E-state index contributed by atoms with van der Waals surface area (Å²) in [6.07, 6.45) is 2.38. The minimum Gasteiger partial charge on any atom is -0.352 e. The standard InChI is InChI=1S/C18H17ClN2O2S/c1-2-21-11-15(17(22)14-10-12(19)5-6-16(14)21)18(23)20-8-7-13-4-3-9-24-13/h3-6,9-11H,2,7-8H2,1H3,(H,20,23). The molecule has 3 rings (SSSR count). The number of benzene rings is 1. The summed E-state index contributed by atoms with van der Waals surface area (Å²) >= 11 is 7.66. The van der Waals surface area contributed by atoms with Crippen molar-refractivity contribution in [3.8, 4) is 0 Å². The predicted molar refractivity (Wildman–Crippen MR) is 99.2 cm³/mol. The lowest BCUT2D eigenvalue weighted by molar-refractivity contribution is 0.0952. The lowest BCUT2D eigenvalue weighted by atomic mass is 10.1.